The summed E-state index contributed by atoms with van der Waals surface area (Å²) in [6.07, 6.45) is 5.35. The second kappa shape index (κ2) is 5.94. The van der Waals surface area contributed by atoms with Crippen molar-refractivity contribution < 1.29 is 17.9 Å². The molecule has 0 saturated heterocycles. The summed E-state index contributed by atoms with van der Waals surface area (Å²) in [5.74, 6) is 4.65. The molecule has 23 heavy (non-hydrogen) atoms. The smallest absolute Gasteiger partial charge is 0.394 e. The molecule has 0 fully saturated rings. The third-order valence-corrected chi connectivity index (χ3v) is 4.18. The Morgan fingerprint density at radius 3 is 2.74 bits per heavy atom. The van der Waals surface area contributed by atoms with Gasteiger partial charge in [-0.25, -0.2) is 5.84 Å². The number of hydrazine groups is 1. The molecule has 124 valence electrons. The van der Waals surface area contributed by atoms with Crippen LogP contribution in [0.25, 0.3) is 6.08 Å². The van der Waals surface area contributed by atoms with Gasteiger partial charge in [0.15, 0.2) is 5.70 Å². The maximum absolute atomic E-state index is 15.0. The molecule has 3 rings (SSSR count). The van der Waals surface area contributed by atoms with E-state index in [0.29, 0.717) is 22.8 Å². The van der Waals surface area contributed by atoms with E-state index in [4.69, 9.17) is 5.84 Å². The van der Waals surface area contributed by atoms with E-state index in [9.17, 15) is 4.79 Å². The number of allylic oxidation sites excluding steroid dienone is 2. The quantitative estimate of drug-likeness (QED) is 0.381. The van der Waals surface area contributed by atoms with Gasteiger partial charge in [-0.05, 0) is 31.2 Å². The van der Waals surface area contributed by atoms with Crippen LogP contribution in [0, 0.1) is 13.8 Å². The van der Waals surface area contributed by atoms with Crippen LogP contribution in [0.1, 0.15) is 29.8 Å². The van der Waals surface area contributed by atoms with Crippen LogP contribution in [-0.2, 0) is 4.79 Å². The van der Waals surface area contributed by atoms with Crippen molar-refractivity contribution in [1.82, 2.24) is 9.90 Å². The SMILES string of the molecule is Cc1cc(C)n2c1C=C1C=CC(CCC(=O)NN)=[N+]1[B-]2(F)F.Cl. The Morgan fingerprint density at radius 1 is 1.39 bits per heavy atom. The van der Waals surface area contributed by atoms with E-state index in [1.54, 1.807) is 31.2 Å². The van der Waals surface area contributed by atoms with Crippen molar-refractivity contribution in [2.75, 3.05) is 0 Å². The first-order valence-corrected chi connectivity index (χ1v) is 7.11. The van der Waals surface area contributed by atoms with Crippen molar-refractivity contribution in [3.05, 3.63) is 40.9 Å². The number of fused-ring (bicyclic) bond motifs is 2. The Kier molecular flexibility index (Phi) is 4.50. The number of nitrogens with one attached hydrogen (secondary N) is 1. The predicted octanol–water partition coefficient (Wildman–Crippen LogP) is 1.90. The molecule has 0 aromatic carbocycles. The molecule has 1 aromatic rings. The summed E-state index contributed by atoms with van der Waals surface area (Å²) in [6.45, 7) is -0.458. The van der Waals surface area contributed by atoms with Crippen LogP contribution < -0.4 is 11.3 Å². The number of nitrogens with two attached hydrogens (primary N) is 1. The van der Waals surface area contributed by atoms with Crippen molar-refractivity contribution in [3.63, 3.8) is 0 Å². The van der Waals surface area contributed by atoms with E-state index in [2.05, 4.69) is 0 Å². The molecule has 1 amide bonds. The van der Waals surface area contributed by atoms with Gasteiger partial charge in [-0.15, -0.1) is 12.4 Å². The summed E-state index contributed by atoms with van der Waals surface area (Å²) < 4.78 is 32.2. The third kappa shape index (κ3) is 2.62. The van der Waals surface area contributed by atoms with Gasteiger partial charge in [0, 0.05) is 36.8 Å². The molecule has 0 aliphatic carbocycles. The van der Waals surface area contributed by atoms with Gasteiger partial charge >= 0.3 is 6.97 Å². The number of rotatable bonds is 3. The van der Waals surface area contributed by atoms with Crippen LogP contribution >= 0.6 is 12.4 Å². The van der Waals surface area contributed by atoms with E-state index in [0.717, 1.165) is 14.5 Å². The minimum absolute atomic E-state index is 0. The highest BCUT2D eigenvalue weighted by molar-refractivity contribution is 6.58. The number of nitrogens with zero attached hydrogens (tertiary/aromatic N) is 2. The molecule has 1 aromatic heterocycles. The second-order valence-electron chi connectivity index (χ2n) is 5.64. The van der Waals surface area contributed by atoms with Crippen LogP contribution in [-0.4, -0.2) is 27.6 Å². The lowest BCUT2D eigenvalue weighted by atomic mass is 9.90. The van der Waals surface area contributed by atoms with Crippen molar-refractivity contribution >= 4 is 37.1 Å². The highest BCUT2D eigenvalue weighted by atomic mass is 35.5. The monoisotopic (exact) mass is 342 g/mol. The number of aromatic nitrogens is 1. The average molecular weight is 343 g/mol. The molecule has 0 unspecified atom stereocenters. The first-order chi connectivity index (χ1) is 10.4. The van der Waals surface area contributed by atoms with Gasteiger partial charge in [0.05, 0.1) is 0 Å². The number of hydrogen-bond acceptors (Lipinski definition) is 2. The fourth-order valence-corrected chi connectivity index (χ4v) is 3.21. The van der Waals surface area contributed by atoms with Crippen molar-refractivity contribution in [1.29, 1.82) is 0 Å². The summed E-state index contributed by atoms with van der Waals surface area (Å²) in [4.78, 5) is 11.3. The lowest BCUT2D eigenvalue weighted by Gasteiger charge is -2.30. The van der Waals surface area contributed by atoms with Gasteiger partial charge in [-0.2, -0.15) is 0 Å². The number of carbonyl (C=O) groups is 1. The standard InChI is InChI=1S/C14H17BF2N4O.ClH/c1-9-7-10(2)20-13(9)8-12-4-3-11(5-6-14(22)19-18)21(12)15(20,16)17;/h3-4,7-8H,5-6,18H2,1-2H3,(H,19,22);1H. The van der Waals surface area contributed by atoms with E-state index in [1.807, 2.05) is 12.3 Å². The molecular weight excluding hydrogens is 324 g/mol. The molecule has 3 N–H and O–H groups in total. The van der Waals surface area contributed by atoms with Crippen molar-refractivity contribution in [2.24, 2.45) is 5.84 Å². The topological polar surface area (TPSA) is 63.1 Å². The van der Waals surface area contributed by atoms with Crippen LogP contribution in [0.4, 0.5) is 8.63 Å². The van der Waals surface area contributed by atoms with Gasteiger partial charge in [0.25, 0.3) is 0 Å². The number of aryl methyl sites for hydroxylation is 2. The van der Waals surface area contributed by atoms with Crippen LogP contribution in [0.2, 0.25) is 0 Å². The molecule has 3 heterocycles. The number of amides is 1. The van der Waals surface area contributed by atoms with E-state index < -0.39 is 6.97 Å². The van der Waals surface area contributed by atoms with Gasteiger partial charge < -0.3 is 17.6 Å². The number of hydrogen-bond donors (Lipinski definition) is 2. The summed E-state index contributed by atoms with van der Waals surface area (Å²) in [6, 6.07) is 1.76. The van der Waals surface area contributed by atoms with Gasteiger partial charge in [-0.1, -0.05) is 0 Å². The molecule has 0 atom stereocenters. The molecular formula is C14H18BClF2N4O. The zero-order chi connectivity index (χ0) is 16.1. The normalized spacial score (nSPS) is 17.3. The van der Waals surface area contributed by atoms with Gasteiger partial charge in [0.1, 0.15) is 5.71 Å². The summed E-state index contributed by atoms with van der Waals surface area (Å²) >= 11 is 0. The molecule has 0 saturated carbocycles. The molecule has 0 bridgehead atoms. The average Bonchev–Trinajstić information content (AvgIpc) is 2.99. The Bertz CT molecular complexity index is 767. The van der Waals surface area contributed by atoms with Crippen molar-refractivity contribution in [2.45, 2.75) is 26.7 Å². The molecule has 0 spiro atoms. The molecule has 0 radical (unpaired) electrons. The first-order valence-electron chi connectivity index (χ1n) is 7.11. The fraction of sp³-hybridized carbons (Fsp3) is 0.286. The van der Waals surface area contributed by atoms with E-state index >= 15 is 8.63 Å². The minimum atomic E-state index is -3.96. The number of halogens is 3. The minimum Gasteiger partial charge on any atom is -0.394 e. The molecule has 2 aliphatic heterocycles. The molecule has 9 heteroatoms. The van der Waals surface area contributed by atoms with Crippen LogP contribution in [0.3, 0.4) is 0 Å². The lowest BCUT2D eigenvalue weighted by Crippen LogP contribution is -2.50. The maximum atomic E-state index is 15.0. The zero-order valence-electron chi connectivity index (χ0n) is 12.8. The lowest BCUT2D eigenvalue weighted by molar-refractivity contribution is -0.362. The van der Waals surface area contributed by atoms with Gasteiger partial charge in [-0.3, -0.25) is 10.2 Å². The van der Waals surface area contributed by atoms with Gasteiger partial charge in [0.2, 0.25) is 5.91 Å². The van der Waals surface area contributed by atoms with Crippen LogP contribution in [0.15, 0.2) is 23.9 Å². The summed E-state index contributed by atoms with van der Waals surface area (Å²) in [7, 11) is 0. The Hall–Kier alpha value is -1.93. The van der Waals surface area contributed by atoms with E-state index in [-0.39, 0.29) is 31.2 Å². The highest BCUT2D eigenvalue weighted by Crippen LogP contribution is 2.34. The number of carbonyl (C=O) groups excluding carboxylic acids is 1. The molecule has 2 aliphatic rings. The zero-order valence-corrected chi connectivity index (χ0v) is 13.7. The Labute approximate surface area is 139 Å². The Balaban J connectivity index is 0.00000192. The second-order valence-corrected chi connectivity index (χ2v) is 5.64. The largest absolute Gasteiger partial charge is 0.737 e. The highest BCUT2D eigenvalue weighted by Gasteiger charge is 2.52. The van der Waals surface area contributed by atoms with E-state index in [1.165, 1.54) is 0 Å². The third-order valence-electron chi connectivity index (χ3n) is 4.18. The summed E-state index contributed by atoms with van der Waals surface area (Å²) in [5, 5.41) is 0. The first kappa shape index (κ1) is 17.4. The van der Waals surface area contributed by atoms with Crippen molar-refractivity contribution in [3.8, 4) is 0 Å². The van der Waals surface area contributed by atoms with Crippen LogP contribution in [0.5, 0.6) is 0 Å². The maximum Gasteiger partial charge on any atom is 0.737 e. The molecule has 5 nitrogen and oxygen atoms in total. The fourth-order valence-electron chi connectivity index (χ4n) is 3.21. The Morgan fingerprint density at radius 2 is 2.09 bits per heavy atom. The summed E-state index contributed by atoms with van der Waals surface area (Å²) in [5.41, 5.74) is 4.80. The predicted molar refractivity (Wildman–Crippen MR) is 88.5 cm³/mol.